The molecule has 6 nitrogen and oxygen atoms in total. The first-order valence-electron chi connectivity index (χ1n) is 5.74. The highest BCUT2D eigenvalue weighted by Crippen LogP contribution is 2.00. The number of aryl methyl sites for hydroxylation is 1. The van der Waals surface area contributed by atoms with Crippen LogP contribution in [0.4, 0.5) is 0 Å². The van der Waals surface area contributed by atoms with Crippen molar-refractivity contribution in [3.63, 3.8) is 0 Å². The normalized spacial score (nSPS) is 12.6. The molecule has 0 radical (unpaired) electrons. The predicted octanol–water partition coefficient (Wildman–Crippen LogP) is 0.803. The number of carbonyl (C=O) groups is 2. The van der Waals surface area contributed by atoms with Gasteiger partial charge in [0.05, 0.1) is 5.69 Å². The molecule has 1 rings (SSSR count). The van der Waals surface area contributed by atoms with Crippen LogP contribution in [0.3, 0.4) is 0 Å². The number of hydrogen-bond acceptors (Lipinski definition) is 3. The van der Waals surface area contributed by atoms with Gasteiger partial charge in [0.1, 0.15) is 6.04 Å². The highest BCUT2D eigenvalue weighted by Gasteiger charge is 2.17. The molecule has 0 aromatic carbocycles. The fraction of sp³-hybridized carbons (Fsp3) is 0.417. The Morgan fingerprint density at radius 1 is 1.61 bits per heavy atom. The molecule has 1 heterocycles. The van der Waals surface area contributed by atoms with Crippen LogP contribution in [0.25, 0.3) is 6.08 Å². The van der Waals surface area contributed by atoms with Gasteiger partial charge in [0.25, 0.3) is 0 Å². The van der Waals surface area contributed by atoms with Crippen LogP contribution in [0.15, 0.2) is 18.3 Å². The molecule has 1 atom stereocenters. The molecule has 18 heavy (non-hydrogen) atoms. The maximum absolute atomic E-state index is 11.5. The maximum Gasteiger partial charge on any atom is 0.326 e. The second-order valence-electron chi connectivity index (χ2n) is 3.90. The lowest BCUT2D eigenvalue weighted by atomic mass is 10.1. The lowest BCUT2D eigenvalue weighted by Crippen LogP contribution is -2.39. The van der Waals surface area contributed by atoms with Crippen LogP contribution in [-0.4, -0.2) is 32.8 Å². The van der Waals surface area contributed by atoms with Crippen molar-refractivity contribution in [1.82, 2.24) is 15.1 Å². The van der Waals surface area contributed by atoms with Crippen molar-refractivity contribution in [3.8, 4) is 0 Å². The SMILES string of the molecule is CCC[C@H](NC(=O)/C=C/c1ccnn1C)C(=O)O. The minimum Gasteiger partial charge on any atom is -0.480 e. The quantitative estimate of drug-likeness (QED) is 0.732. The molecule has 1 amide bonds. The minimum absolute atomic E-state index is 0.417. The van der Waals surface area contributed by atoms with Gasteiger partial charge in [-0.05, 0) is 18.6 Å². The first-order chi connectivity index (χ1) is 8.54. The Kier molecular flexibility index (Phi) is 5.10. The lowest BCUT2D eigenvalue weighted by Gasteiger charge is -2.11. The van der Waals surface area contributed by atoms with Gasteiger partial charge in [-0.15, -0.1) is 0 Å². The first kappa shape index (κ1) is 14.0. The molecule has 0 saturated heterocycles. The summed E-state index contributed by atoms with van der Waals surface area (Å²) in [5.74, 6) is -1.43. The summed E-state index contributed by atoms with van der Waals surface area (Å²) in [6, 6.07) is 0.920. The summed E-state index contributed by atoms with van der Waals surface area (Å²) in [4.78, 5) is 22.4. The average Bonchev–Trinajstić information content (AvgIpc) is 2.71. The van der Waals surface area contributed by atoms with E-state index in [1.165, 1.54) is 6.08 Å². The largest absolute Gasteiger partial charge is 0.480 e. The number of nitrogens with zero attached hydrogens (tertiary/aromatic N) is 2. The molecule has 6 heteroatoms. The van der Waals surface area contributed by atoms with Crippen molar-refractivity contribution in [1.29, 1.82) is 0 Å². The van der Waals surface area contributed by atoms with Crippen LogP contribution >= 0.6 is 0 Å². The molecule has 0 unspecified atom stereocenters. The number of aromatic nitrogens is 2. The zero-order valence-electron chi connectivity index (χ0n) is 10.5. The van der Waals surface area contributed by atoms with E-state index in [-0.39, 0.29) is 0 Å². The fourth-order valence-corrected chi connectivity index (χ4v) is 1.47. The second kappa shape index (κ2) is 6.58. The van der Waals surface area contributed by atoms with E-state index in [1.54, 1.807) is 30.1 Å². The van der Waals surface area contributed by atoms with E-state index in [4.69, 9.17) is 5.11 Å². The summed E-state index contributed by atoms with van der Waals surface area (Å²) in [6.07, 6.45) is 5.63. The Bertz CT molecular complexity index is 451. The highest BCUT2D eigenvalue weighted by atomic mass is 16.4. The van der Waals surface area contributed by atoms with Gasteiger partial charge in [-0.3, -0.25) is 9.48 Å². The second-order valence-corrected chi connectivity index (χ2v) is 3.90. The smallest absolute Gasteiger partial charge is 0.326 e. The van der Waals surface area contributed by atoms with Crippen molar-refractivity contribution >= 4 is 18.0 Å². The van der Waals surface area contributed by atoms with E-state index in [9.17, 15) is 9.59 Å². The third-order valence-electron chi connectivity index (χ3n) is 2.46. The zero-order chi connectivity index (χ0) is 13.5. The van der Waals surface area contributed by atoms with Gasteiger partial charge in [-0.1, -0.05) is 13.3 Å². The Labute approximate surface area is 105 Å². The molecule has 2 N–H and O–H groups in total. The standard InChI is InChI=1S/C12H17N3O3/c1-3-4-10(12(17)18)14-11(16)6-5-9-7-8-13-15(9)2/h5-8,10H,3-4H2,1-2H3,(H,14,16)(H,17,18)/b6-5+/t10-/m0/s1. The molecule has 0 aliphatic heterocycles. The van der Waals surface area contributed by atoms with Gasteiger partial charge in [0, 0.05) is 19.3 Å². The Hall–Kier alpha value is -2.11. The van der Waals surface area contributed by atoms with E-state index >= 15 is 0 Å². The summed E-state index contributed by atoms with van der Waals surface area (Å²) in [5.41, 5.74) is 0.771. The molecule has 0 bridgehead atoms. The predicted molar refractivity (Wildman–Crippen MR) is 66.7 cm³/mol. The first-order valence-corrected chi connectivity index (χ1v) is 5.74. The summed E-state index contributed by atoms with van der Waals surface area (Å²) >= 11 is 0. The summed E-state index contributed by atoms with van der Waals surface area (Å²) in [7, 11) is 1.76. The number of hydrogen-bond donors (Lipinski definition) is 2. The van der Waals surface area contributed by atoms with Gasteiger partial charge in [0.2, 0.25) is 5.91 Å². The topological polar surface area (TPSA) is 84.2 Å². The van der Waals surface area contributed by atoms with E-state index in [0.717, 1.165) is 5.69 Å². The number of aliphatic carboxylic acids is 1. The number of amides is 1. The van der Waals surface area contributed by atoms with Gasteiger partial charge >= 0.3 is 5.97 Å². The number of carboxylic acid groups (broad SMARTS) is 1. The Morgan fingerprint density at radius 2 is 2.33 bits per heavy atom. The molecule has 98 valence electrons. The van der Waals surface area contributed by atoms with Crippen molar-refractivity contribution in [2.75, 3.05) is 0 Å². The fourth-order valence-electron chi connectivity index (χ4n) is 1.47. The third-order valence-corrected chi connectivity index (χ3v) is 2.46. The van der Waals surface area contributed by atoms with Crippen LogP contribution in [0.2, 0.25) is 0 Å². The third kappa shape index (κ3) is 4.04. The number of carboxylic acids is 1. The van der Waals surface area contributed by atoms with Gasteiger partial charge < -0.3 is 10.4 Å². The number of nitrogens with one attached hydrogen (secondary N) is 1. The maximum atomic E-state index is 11.5. The van der Waals surface area contributed by atoms with E-state index in [1.807, 2.05) is 6.92 Å². The van der Waals surface area contributed by atoms with Gasteiger partial charge in [-0.2, -0.15) is 5.10 Å². The molecule has 0 spiro atoms. The van der Waals surface area contributed by atoms with Crippen LogP contribution in [0, 0.1) is 0 Å². The van der Waals surface area contributed by atoms with Gasteiger partial charge in [-0.25, -0.2) is 4.79 Å². The van der Waals surface area contributed by atoms with E-state index in [2.05, 4.69) is 10.4 Å². The van der Waals surface area contributed by atoms with Crippen LogP contribution < -0.4 is 5.32 Å². The zero-order valence-corrected chi connectivity index (χ0v) is 10.5. The van der Waals surface area contributed by atoms with Crippen molar-refractivity contribution in [2.45, 2.75) is 25.8 Å². The van der Waals surface area contributed by atoms with Gasteiger partial charge in [0.15, 0.2) is 0 Å². The van der Waals surface area contributed by atoms with E-state index < -0.39 is 17.9 Å². The highest BCUT2D eigenvalue weighted by molar-refractivity contribution is 5.94. The Morgan fingerprint density at radius 3 is 2.83 bits per heavy atom. The molecule has 1 aromatic rings. The molecule has 1 aromatic heterocycles. The summed E-state index contributed by atoms with van der Waals surface area (Å²) in [5, 5.41) is 15.3. The molecule has 0 aliphatic rings. The van der Waals surface area contributed by atoms with Crippen LogP contribution in [0.5, 0.6) is 0 Å². The molecule has 0 fully saturated rings. The van der Waals surface area contributed by atoms with Crippen molar-refractivity contribution in [2.24, 2.45) is 7.05 Å². The molecular formula is C12H17N3O3. The minimum atomic E-state index is -1.01. The van der Waals surface area contributed by atoms with E-state index in [0.29, 0.717) is 12.8 Å². The summed E-state index contributed by atoms with van der Waals surface area (Å²) in [6.45, 7) is 1.87. The van der Waals surface area contributed by atoms with Crippen molar-refractivity contribution in [3.05, 3.63) is 24.0 Å². The average molecular weight is 251 g/mol. The number of rotatable bonds is 6. The van der Waals surface area contributed by atoms with Crippen LogP contribution in [0.1, 0.15) is 25.5 Å². The van der Waals surface area contributed by atoms with Crippen LogP contribution in [-0.2, 0) is 16.6 Å². The number of carbonyl (C=O) groups excluding carboxylic acids is 1. The monoisotopic (exact) mass is 251 g/mol. The molecule has 0 saturated carbocycles. The Balaban J connectivity index is 2.58. The molecule has 0 aliphatic carbocycles. The lowest BCUT2D eigenvalue weighted by molar-refractivity contribution is -0.141. The van der Waals surface area contributed by atoms with Crippen molar-refractivity contribution < 1.29 is 14.7 Å². The molecular weight excluding hydrogens is 234 g/mol. The summed E-state index contributed by atoms with van der Waals surface area (Å²) < 4.78 is 1.62.